The van der Waals surface area contributed by atoms with Crippen LogP contribution in [-0.2, 0) is 6.61 Å². The third-order valence-corrected chi connectivity index (χ3v) is 1.59. The summed E-state index contributed by atoms with van der Waals surface area (Å²) in [4.78, 5) is 11.3. The second kappa shape index (κ2) is 5.24. The van der Waals surface area contributed by atoms with Gasteiger partial charge in [-0.25, -0.2) is 0 Å². The summed E-state index contributed by atoms with van der Waals surface area (Å²) >= 11 is 0. The van der Waals surface area contributed by atoms with Crippen molar-refractivity contribution in [2.24, 2.45) is 0 Å². The Labute approximate surface area is 81.4 Å². The highest BCUT2D eigenvalue weighted by Gasteiger charge is 2.02. The zero-order valence-electron chi connectivity index (χ0n) is 7.73. The number of ether oxygens (including phenoxy) is 1. The first-order valence-electron chi connectivity index (χ1n) is 4.24. The molecule has 1 aromatic heterocycles. The number of hydrogen-bond donors (Lipinski definition) is 1. The van der Waals surface area contributed by atoms with Crippen molar-refractivity contribution in [2.75, 3.05) is 6.61 Å². The van der Waals surface area contributed by atoms with Gasteiger partial charge in [0.2, 0.25) is 11.2 Å². The maximum Gasteiger partial charge on any atom is 0.227 e. The number of aliphatic hydroxyl groups is 1. The highest BCUT2D eigenvalue weighted by Crippen LogP contribution is 2.05. The minimum atomic E-state index is -0.290. The minimum absolute atomic E-state index is 0.157. The Morgan fingerprint density at radius 2 is 2.43 bits per heavy atom. The minimum Gasteiger partial charge on any atom is -0.486 e. The van der Waals surface area contributed by atoms with Crippen LogP contribution in [0.25, 0.3) is 0 Å². The van der Waals surface area contributed by atoms with Crippen LogP contribution in [0.2, 0.25) is 0 Å². The molecule has 4 nitrogen and oxygen atoms in total. The van der Waals surface area contributed by atoms with Gasteiger partial charge in [0.05, 0.1) is 6.61 Å². The summed E-state index contributed by atoms with van der Waals surface area (Å²) in [5.74, 6) is 0.384. The molecule has 0 unspecified atom stereocenters. The summed E-state index contributed by atoms with van der Waals surface area (Å²) in [6.45, 7) is 3.63. The van der Waals surface area contributed by atoms with Crippen molar-refractivity contribution >= 4 is 0 Å². The van der Waals surface area contributed by atoms with Crippen LogP contribution in [0, 0.1) is 0 Å². The molecule has 0 amide bonds. The molecule has 0 spiro atoms. The molecular weight excluding hydrogens is 184 g/mol. The van der Waals surface area contributed by atoms with Gasteiger partial charge in [0.25, 0.3) is 0 Å². The maximum atomic E-state index is 11.3. The molecule has 0 aliphatic carbocycles. The van der Waals surface area contributed by atoms with Crippen LogP contribution in [0.4, 0.5) is 0 Å². The van der Waals surface area contributed by atoms with Crippen LogP contribution < -0.4 is 10.2 Å². The van der Waals surface area contributed by atoms with Crippen LogP contribution in [0.3, 0.4) is 0 Å². The number of rotatable bonds is 5. The first kappa shape index (κ1) is 10.5. The van der Waals surface area contributed by atoms with E-state index >= 15 is 0 Å². The van der Waals surface area contributed by atoms with Crippen LogP contribution in [-0.4, -0.2) is 11.7 Å². The Morgan fingerprint density at radius 3 is 3.00 bits per heavy atom. The van der Waals surface area contributed by atoms with E-state index in [2.05, 4.69) is 6.58 Å². The second-order valence-electron chi connectivity index (χ2n) is 2.66. The lowest BCUT2D eigenvalue weighted by Crippen LogP contribution is -2.08. The van der Waals surface area contributed by atoms with Crippen LogP contribution in [0.15, 0.2) is 34.2 Å². The zero-order valence-corrected chi connectivity index (χ0v) is 7.73. The van der Waals surface area contributed by atoms with Crippen molar-refractivity contribution in [3.8, 4) is 5.75 Å². The molecule has 0 saturated carbocycles. The highest BCUT2D eigenvalue weighted by molar-refractivity contribution is 5.17. The molecule has 0 atom stereocenters. The van der Waals surface area contributed by atoms with Gasteiger partial charge in [-0.3, -0.25) is 4.79 Å². The van der Waals surface area contributed by atoms with E-state index in [0.29, 0.717) is 13.0 Å². The van der Waals surface area contributed by atoms with Crippen molar-refractivity contribution in [1.29, 1.82) is 0 Å². The predicted octanol–water partition coefficient (Wildman–Crippen LogP) is 1.09. The van der Waals surface area contributed by atoms with Crippen LogP contribution >= 0.6 is 0 Å². The van der Waals surface area contributed by atoms with Crippen molar-refractivity contribution < 1.29 is 14.3 Å². The third-order valence-electron chi connectivity index (χ3n) is 1.59. The average Bonchev–Trinajstić information content (AvgIpc) is 2.20. The first-order chi connectivity index (χ1) is 6.77. The smallest absolute Gasteiger partial charge is 0.227 e. The highest BCUT2D eigenvalue weighted by atomic mass is 16.5. The molecule has 0 aromatic carbocycles. The van der Waals surface area contributed by atoms with E-state index < -0.39 is 0 Å². The van der Waals surface area contributed by atoms with Gasteiger partial charge < -0.3 is 14.3 Å². The van der Waals surface area contributed by atoms with Crippen molar-refractivity contribution in [3.05, 3.63) is 41.0 Å². The van der Waals surface area contributed by atoms with Gasteiger partial charge in [0.15, 0.2) is 0 Å². The summed E-state index contributed by atoms with van der Waals surface area (Å²) in [6.07, 6.45) is 3.57. The molecule has 1 N–H and O–H groups in total. The Hall–Kier alpha value is -1.55. The summed E-state index contributed by atoms with van der Waals surface area (Å²) < 4.78 is 10.0. The lowest BCUT2D eigenvalue weighted by atomic mass is 10.4. The Morgan fingerprint density at radius 1 is 1.64 bits per heavy atom. The van der Waals surface area contributed by atoms with Gasteiger partial charge in [-0.1, -0.05) is 6.08 Å². The van der Waals surface area contributed by atoms with E-state index in [4.69, 9.17) is 14.3 Å². The van der Waals surface area contributed by atoms with Gasteiger partial charge in [-0.15, -0.1) is 6.58 Å². The van der Waals surface area contributed by atoms with E-state index in [1.165, 1.54) is 12.3 Å². The topological polar surface area (TPSA) is 59.7 Å². The van der Waals surface area contributed by atoms with E-state index in [1.807, 2.05) is 0 Å². The van der Waals surface area contributed by atoms with Crippen LogP contribution in [0.1, 0.15) is 12.2 Å². The zero-order chi connectivity index (χ0) is 10.4. The number of aliphatic hydroxyl groups excluding tert-OH is 1. The molecular formula is C10H12O4. The molecule has 1 aromatic rings. The normalized spacial score (nSPS) is 9.79. The molecule has 4 heteroatoms. The average molecular weight is 196 g/mol. The molecule has 0 saturated heterocycles. The summed E-state index contributed by atoms with van der Waals surface area (Å²) in [6, 6.07) is 1.21. The molecule has 76 valence electrons. The fourth-order valence-electron chi connectivity index (χ4n) is 0.879. The van der Waals surface area contributed by atoms with Gasteiger partial charge in [0.1, 0.15) is 18.6 Å². The van der Waals surface area contributed by atoms with Crippen molar-refractivity contribution in [2.45, 2.75) is 13.0 Å². The van der Waals surface area contributed by atoms with E-state index in [-0.39, 0.29) is 23.5 Å². The lowest BCUT2D eigenvalue weighted by Gasteiger charge is -2.02. The monoisotopic (exact) mass is 196 g/mol. The molecule has 14 heavy (non-hydrogen) atoms. The molecule has 0 aliphatic rings. The summed E-state index contributed by atoms with van der Waals surface area (Å²) in [7, 11) is 0. The lowest BCUT2D eigenvalue weighted by molar-refractivity contribution is 0.238. The molecule has 1 heterocycles. The standard InChI is InChI=1S/C10H12O4/c1-2-3-4-13-10-7-14-8(6-11)5-9(10)12/h2,5,7,11H,1,3-4,6H2. The predicted molar refractivity (Wildman–Crippen MR) is 51.2 cm³/mol. The largest absolute Gasteiger partial charge is 0.486 e. The second-order valence-corrected chi connectivity index (χ2v) is 2.66. The SMILES string of the molecule is C=CCCOc1coc(CO)cc1=O. The molecule has 0 fully saturated rings. The summed E-state index contributed by atoms with van der Waals surface area (Å²) in [5, 5.41) is 8.68. The van der Waals surface area contributed by atoms with Gasteiger partial charge in [0, 0.05) is 6.07 Å². The van der Waals surface area contributed by atoms with Crippen molar-refractivity contribution in [3.63, 3.8) is 0 Å². The van der Waals surface area contributed by atoms with Gasteiger partial charge in [-0.2, -0.15) is 0 Å². The van der Waals surface area contributed by atoms with Gasteiger partial charge >= 0.3 is 0 Å². The van der Waals surface area contributed by atoms with Crippen LogP contribution in [0.5, 0.6) is 5.75 Å². The summed E-state index contributed by atoms with van der Waals surface area (Å²) in [5.41, 5.74) is -0.288. The Kier molecular flexibility index (Phi) is 3.94. The Balaban J connectivity index is 2.69. The third kappa shape index (κ3) is 2.74. The van der Waals surface area contributed by atoms with Gasteiger partial charge in [-0.05, 0) is 6.42 Å². The van der Waals surface area contributed by atoms with E-state index in [1.54, 1.807) is 6.08 Å². The molecule has 0 radical (unpaired) electrons. The van der Waals surface area contributed by atoms with E-state index in [9.17, 15) is 4.79 Å². The Bertz CT molecular complexity index is 353. The molecule has 1 rings (SSSR count). The van der Waals surface area contributed by atoms with Crippen molar-refractivity contribution in [1.82, 2.24) is 0 Å². The fourth-order valence-corrected chi connectivity index (χ4v) is 0.879. The maximum absolute atomic E-state index is 11.3. The van der Waals surface area contributed by atoms with E-state index in [0.717, 1.165) is 0 Å². The fraction of sp³-hybridized carbons (Fsp3) is 0.300. The molecule has 0 bridgehead atoms. The first-order valence-corrected chi connectivity index (χ1v) is 4.24. The molecule has 0 aliphatic heterocycles. The number of hydrogen-bond acceptors (Lipinski definition) is 4. The quantitative estimate of drug-likeness (QED) is 0.565.